The van der Waals surface area contributed by atoms with Gasteiger partial charge in [0, 0.05) is 24.9 Å². The van der Waals surface area contributed by atoms with Crippen molar-refractivity contribution in [3.05, 3.63) is 64.2 Å². The van der Waals surface area contributed by atoms with E-state index in [1.165, 1.54) is 12.1 Å². The zero-order valence-electron chi connectivity index (χ0n) is 14.7. The van der Waals surface area contributed by atoms with Gasteiger partial charge in [0.05, 0.1) is 16.7 Å². The Hall–Kier alpha value is -2.42. The highest BCUT2D eigenvalue weighted by Gasteiger charge is 2.17. The molecule has 0 amide bonds. The lowest BCUT2D eigenvalue weighted by molar-refractivity contribution is 0.186. The van der Waals surface area contributed by atoms with Crippen LogP contribution in [0.4, 0.5) is 4.39 Å². The maximum atomic E-state index is 13.3. The van der Waals surface area contributed by atoms with Gasteiger partial charge in [0.25, 0.3) is 0 Å². The molecule has 0 N–H and O–H groups in total. The molecule has 3 nitrogen and oxygen atoms in total. The van der Waals surface area contributed by atoms with Gasteiger partial charge < -0.3 is 4.74 Å². The van der Waals surface area contributed by atoms with Crippen LogP contribution in [-0.2, 0) is 4.74 Å². The fourth-order valence-corrected chi connectivity index (χ4v) is 3.14. The van der Waals surface area contributed by atoms with Gasteiger partial charge in [-0.05, 0) is 61.8 Å². The second-order valence-corrected chi connectivity index (χ2v) is 6.10. The predicted octanol–water partition coefficient (Wildman–Crippen LogP) is 3.22. The van der Waals surface area contributed by atoms with E-state index in [0.29, 0.717) is 12.5 Å². The van der Waals surface area contributed by atoms with Gasteiger partial charge in [-0.25, -0.2) is 9.07 Å². The first-order chi connectivity index (χ1) is 12.2. The Kier molecular flexibility index (Phi) is 5.64. The van der Waals surface area contributed by atoms with E-state index in [2.05, 4.69) is 24.8 Å². The molecule has 1 aromatic heterocycles. The molecule has 25 heavy (non-hydrogen) atoms. The summed E-state index contributed by atoms with van der Waals surface area (Å²) in [7, 11) is 1.72. The lowest BCUT2D eigenvalue weighted by Crippen LogP contribution is -2.30. The van der Waals surface area contributed by atoms with Crippen molar-refractivity contribution in [1.29, 1.82) is 0 Å². The first-order valence-electron chi connectivity index (χ1n) is 8.69. The number of nitrogens with zero attached hydrogens (tertiary/aromatic N) is 2. The molecule has 1 aromatic carbocycles. The van der Waals surface area contributed by atoms with Crippen molar-refractivity contribution in [3.63, 3.8) is 0 Å². The molecule has 0 bridgehead atoms. The van der Waals surface area contributed by atoms with Gasteiger partial charge in [-0.2, -0.15) is 5.10 Å². The molecule has 0 saturated heterocycles. The molecule has 0 saturated carbocycles. The highest BCUT2D eigenvalue weighted by molar-refractivity contribution is 5.45. The number of fused-ring (bicyclic) bond motifs is 1. The SMILES string of the molecule is CCC(CCOC)c1nn(-c2ccc(F)cc2)c2/c1=C\C=C=CC\C=2. The van der Waals surface area contributed by atoms with E-state index >= 15 is 0 Å². The van der Waals surface area contributed by atoms with Crippen LogP contribution < -0.4 is 10.6 Å². The lowest BCUT2D eigenvalue weighted by atomic mass is 9.97. The molecule has 4 heteroatoms. The van der Waals surface area contributed by atoms with Crippen LogP contribution in [0, 0.1) is 5.82 Å². The largest absolute Gasteiger partial charge is 0.385 e. The van der Waals surface area contributed by atoms with Crippen molar-refractivity contribution < 1.29 is 9.13 Å². The van der Waals surface area contributed by atoms with Crippen LogP contribution in [0.5, 0.6) is 0 Å². The standard InChI is InChI=1S/C21H23FN2O/c1-3-16(14-15-25-2)21-19-8-6-4-5-7-9-20(19)24(23-21)18-12-10-17(22)11-13-18/h5-6,8-13,16H,3,7,14-15H2,1-2H3/b19-8+,20-9+. The normalized spacial score (nSPS) is 16.9. The van der Waals surface area contributed by atoms with Crippen molar-refractivity contribution in [1.82, 2.24) is 9.78 Å². The van der Waals surface area contributed by atoms with E-state index in [1.807, 2.05) is 16.8 Å². The number of halogens is 1. The summed E-state index contributed by atoms with van der Waals surface area (Å²) in [5.41, 5.74) is 5.09. The van der Waals surface area contributed by atoms with Crippen LogP contribution in [0.1, 0.15) is 37.8 Å². The Balaban J connectivity index is 2.20. The first kappa shape index (κ1) is 17.4. The fourth-order valence-electron chi connectivity index (χ4n) is 3.14. The van der Waals surface area contributed by atoms with Crippen molar-refractivity contribution >= 4 is 12.2 Å². The molecular weight excluding hydrogens is 315 g/mol. The summed E-state index contributed by atoms with van der Waals surface area (Å²) in [6.45, 7) is 2.88. The summed E-state index contributed by atoms with van der Waals surface area (Å²) in [5.74, 6) is 0.0730. The van der Waals surface area contributed by atoms with Crippen LogP contribution in [0.3, 0.4) is 0 Å². The Morgan fingerprint density at radius 3 is 2.84 bits per heavy atom. The molecule has 0 fully saturated rings. The summed E-state index contributed by atoms with van der Waals surface area (Å²) in [4.78, 5) is 0. The number of hydrogen-bond donors (Lipinski definition) is 0. The minimum atomic E-state index is -0.244. The summed E-state index contributed by atoms with van der Waals surface area (Å²) < 4.78 is 20.5. The van der Waals surface area contributed by atoms with Gasteiger partial charge in [0.2, 0.25) is 0 Å². The highest BCUT2D eigenvalue weighted by Crippen LogP contribution is 2.19. The van der Waals surface area contributed by atoms with Gasteiger partial charge in [-0.15, -0.1) is 5.73 Å². The van der Waals surface area contributed by atoms with E-state index in [1.54, 1.807) is 19.2 Å². The second-order valence-electron chi connectivity index (χ2n) is 6.10. The van der Waals surface area contributed by atoms with Gasteiger partial charge in [-0.1, -0.05) is 13.0 Å². The quantitative estimate of drug-likeness (QED) is 0.756. The van der Waals surface area contributed by atoms with E-state index in [0.717, 1.165) is 41.2 Å². The number of rotatable bonds is 6. The Bertz CT molecular complexity index is 903. The van der Waals surface area contributed by atoms with Gasteiger partial charge in [-0.3, -0.25) is 0 Å². The summed E-state index contributed by atoms with van der Waals surface area (Å²) >= 11 is 0. The Labute approximate surface area is 147 Å². The molecule has 1 unspecified atom stereocenters. The van der Waals surface area contributed by atoms with Crippen molar-refractivity contribution in [2.45, 2.75) is 32.1 Å². The topological polar surface area (TPSA) is 27.1 Å². The number of methoxy groups -OCH3 is 1. The van der Waals surface area contributed by atoms with Gasteiger partial charge in [0.1, 0.15) is 5.82 Å². The number of ether oxygens (including phenoxy) is 1. The van der Waals surface area contributed by atoms with Crippen molar-refractivity contribution in [2.75, 3.05) is 13.7 Å². The molecule has 1 atom stereocenters. The Morgan fingerprint density at radius 1 is 1.32 bits per heavy atom. The van der Waals surface area contributed by atoms with Gasteiger partial charge in [0.15, 0.2) is 0 Å². The lowest BCUT2D eigenvalue weighted by Gasteiger charge is -2.11. The van der Waals surface area contributed by atoms with Crippen LogP contribution in [0.25, 0.3) is 17.8 Å². The maximum absolute atomic E-state index is 13.3. The summed E-state index contributed by atoms with van der Waals surface area (Å²) in [6.07, 6.45) is 10.8. The molecule has 1 heterocycles. The average molecular weight is 338 g/mol. The third-order valence-electron chi connectivity index (χ3n) is 4.50. The smallest absolute Gasteiger partial charge is 0.123 e. The van der Waals surface area contributed by atoms with E-state index in [4.69, 9.17) is 9.84 Å². The van der Waals surface area contributed by atoms with Crippen LogP contribution in [-0.4, -0.2) is 23.5 Å². The molecule has 2 aromatic rings. The molecule has 1 aliphatic carbocycles. The predicted molar refractivity (Wildman–Crippen MR) is 98.5 cm³/mol. The van der Waals surface area contributed by atoms with E-state index < -0.39 is 0 Å². The third-order valence-corrected chi connectivity index (χ3v) is 4.50. The monoisotopic (exact) mass is 338 g/mol. The first-order valence-corrected chi connectivity index (χ1v) is 8.69. The molecule has 0 spiro atoms. The Morgan fingerprint density at radius 2 is 2.12 bits per heavy atom. The second kappa shape index (κ2) is 8.11. The summed E-state index contributed by atoms with van der Waals surface area (Å²) in [6, 6.07) is 6.47. The molecule has 0 radical (unpaired) electrons. The zero-order valence-corrected chi connectivity index (χ0v) is 14.7. The highest BCUT2D eigenvalue weighted by atomic mass is 19.1. The number of aromatic nitrogens is 2. The zero-order chi connectivity index (χ0) is 17.6. The third kappa shape index (κ3) is 3.81. The maximum Gasteiger partial charge on any atom is 0.123 e. The van der Waals surface area contributed by atoms with Crippen molar-refractivity contribution in [2.24, 2.45) is 0 Å². The van der Waals surface area contributed by atoms with E-state index in [9.17, 15) is 4.39 Å². The van der Waals surface area contributed by atoms with Crippen LogP contribution >= 0.6 is 0 Å². The minimum Gasteiger partial charge on any atom is -0.385 e. The fraction of sp³-hybridized carbons (Fsp3) is 0.333. The molecule has 3 rings (SSSR count). The van der Waals surface area contributed by atoms with Crippen LogP contribution in [0.15, 0.2) is 42.1 Å². The number of hydrogen-bond acceptors (Lipinski definition) is 2. The van der Waals surface area contributed by atoms with Crippen LogP contribution in [0.2, 0.25) is 0 Å². The average Bonchev–Trinajstić information content (AvgIpc) is 2.93. The molecule has 130 valence electrons. The minimum absolute atomic E-state index is 0.244. The van der Waals surface area contributed by atoms with Crippen molar-refractivity contribution in [3.8, 4) is 5.69 Å². The number of benzene rings is 1. The molecule has 0 aliphatic heterocycles. The van der Waals surface area contributed by atoms with Gasteiger partial charge >= 0.3 is 0 Å². The number of allylic oxidation sites excluding steroid dienone is 1. The van der Waals surface area contributed by atoms with E-state index in [-0.39, 0.29) is 5.82 Å². The molecular formula is C21H23FN2O. The summed E-state index contributed by atoms with van der Waals surface area (Å²) in [5, 5.41) is 7.08. The molecule has 1 aliphatic rings.